The zero-order chi connectivity index (χ0) is 13.3. The topological polar surface area (TPSA) is 78.2 Å². The number of hydrogen-bond acceptors (Lipinski definition) is 4. The Labute approximate surface area is 103 Å². The molecule has 0 aliphatic rings. The highest BCUT2D eigenvalue weighted by Crippen LogP contribution is 2.00. The number of nitriles is 1. The fraction of sp³-hybridized carbons (Fsp3) is 0.818. The molecule has 0 aromatic heterocycles. The van der Waals surface area contributed by atoms with E-state index in [0.29, 0.717) is 13.0 Å². The van der Waals surface area contributed by atoms with Gasteiger partial charge in [0.25, 0.3) is 0 Å². The van der Waals surface area contributed by atoms with Crippen LogP contribution in [0, 0.1) is 11.3 Å². The van der Waals surface area contributed by atoms with Gasteiger partial charge in [0, 0.05) is 20.0 Å². The van der Waals surface area contributed by atoms with E-state index < -0.39 is 15.6 Å². The van der Waals surface area contributed by atoms with Crippen molar-refractivity contribution < 1.29 is 13.2 Å². The molecular formula is C11H20N2O3S. The second-order valence-electron chi connectivity index (χ2n) is 4.02. The predicted molar refractivity (Wildman–Crippen MR) is 66.0 cm³/mol. The zero-order valence-corrected chi connectivity index (χ0v) is 11.3. The summed E-state index contributed by atoms with van der Waals surface area (Å²) in [5.74, 6) is -0.901. The predicted octanol–water partition coefficient (Wildman–Crippen LogP) is 0.963. The van der Waals surface area contributed by atoms with Gasteiger partial charge in [-0.2, -0.15) is 5.26 Å². The van der Waals surface area contributed by atoms with Gasteiger partial charge in [-0.1, -0.05) is 13.3 Å². The molecule has 0 bridgehead atoms. The van der Waals surface area contributed by atoms with Gasteiger partial charge in [0.05, 0.1) is 11.8 Å². The van der Waals surface area contributed by atoms with Crippen molar-refractivity contribution in [2.45, 2.75) is 32.6 Å². The van der Waals surface area contributed by atoms with E-state index in [1.807, 2.05) is 13.0 Å². The van der Waals surface area contributed by atoms with Crippen molar-refractivity contribution in [2.24, 2.45) is 0 Å². The van der Waals surface area contributed by atoms with Crippen molar-refractivity contribution in [3.63, 3.8) is 0 Å². The summed E-state index contributed by atoms with van der Waals surface area (Å²) in [7, 11) is -1.75. The molecule has 0 spiro atoms. The number of sulfone groups is 1. The van der Waals surface area contributed by atoms with Gasteiger partial charge in [0.2, 0.25) is 5.91 Å². The average Bonchev–Trinajstić information content (AvgIpc) is 2.25. The summed E-state index contributed by atoms with van der Waals surface area (Å²) < 4.78 is 23.1. The Morgan fingerprint density at radius 1 is 1.35 bits per heavy atom. The van der Waals surface area contributed by atoms with Crippen LogP contribution in [0.25, 0.3) is 0 Å². The van der Waals surface area contributed by atoms with Gasteiger partial charge < -0.3 is 4.90 Å². The van der Waals surface area contributed by atoms with Gasteiger partial charge in [-0.15, -0.1) is 0 Å². The Morgan fingerprint density at radius 3 is 2.53 bits per heavy atom. The summed E-state index contributed by atoms with van der Waals surface area (Å²) in [5, 5.41) is 8.31. The Balaban J connectivity index is 4.13. The van der Waals surface area contributed by atoms with Crippen LogP contribution in [0.3, 0.4) is 0 Å². The molecule has 1 amide bonds. The minimum atomic E-state index is -3.37. The summed E-state index contributed by atoms with van der Waals surface area (Å²) in [6, 6.07) is 1.88. The third-order valence-electron chi connectivity index (χ3n) is 2.36. The van der Waals surface area contributed by atoms with Gasteiger partial charge in [-0.25, -0.2) is 8.42 Å². The van der Waals surface area contributed by atoms with E-state index in [4.69, 9.17) is 5.26 Å². The molecule has 0 rings (SSSR count). The fourth-order valence-corrected chi connectivity index (χ4v) is 2.59. The Kier molecular flexibility index (Phi) is 7.55. The van der Waals surface area contributed by atoms with E-state index in [2.05, 4.69) is 0 Å². The maximum Gasteiger partial charge on any atom is 0.237 e. The molecule has 0 aromatic carbocycles. The van der Waals surface area contributed by atoms with Crippen LogP contribution < -0.4 is 0 Å². The van der Waals surface area contributed by atoms with Crippen LogP contribution in [-0.4, -0.2) is 44.3 Å². The first-order valence-electron chi connectivity index (χ1n) is 5.74. The standard InChI is InChI=1S/C11H20N2O3S/c1-3-4-8-13(2)11(14)10-17(15,16)9-6-5-7-12/h3-6,8-10H2,1-2H3. The van der Waals surface area contributed by atoms with E-state index in [9.17, 15) is 13.2 Å². The van der Waals surface area contributed by atoms with E-state index in [1.165, 1.54) is 4.90 Å². The van der Waals surface area contributed by atoms with Gasteiger partial charge in [0.15, 0.2) is 9.84 Å². The first-order valence-corrected chi connectivity index (χ1v) is 7.56. The Bertz CT molecular complexity index is 371. The van der Waals surface area contributed by atoms with Crippen LogP contribution >= 0.6 is 0 Å². The van der Waals surface area contributed by atoms with Crippen LogP contribution in [0.2, 0.25) is 0 Å². The molecule has 0 aromatic rings. The third kappa shape index (κ3) is 7.75. The lowest BCUT2D eigenvalue weighted by Gasteiger charge is -2.16. The van der Waals surface area contributed by atoms with Crippen LogP contribution in [0.4, 0.5) is 0 Å². The molecule has 0 saturated heterocycles. The van der Waals surface area contributed by atoms with Gasteiger partial charge in [0.1, 0.15) is 5.75 Å². The molecule has 0 saturated carbocycles. The molecule has 0 heterocycles. The summed E-state index contributed by atoms with van der Waals surface area (Å²) in [4.78, 5) is 13.0. The number of carbonyl (C=O) groups excluding carboxylic acids is 1. The first-order chi connectivity index (χ1) is 7.93. The summed E-state index contributed by atoms with van der Waals surface area (Å²) >= 11 is 0. The lowest BCUT2D eigenvalue weighted by atomic mass is 10.3. The van der Waals surface area contributed by atoms with Crippen LogP contribution in [0.5, 0.6) is 0 Å². The number of carbonyl (C=O) groups is 1. The highest BCUT2D eigenvalue weighted by Gasteiger charge is 2.18. The minimum Gasteiger partial charge on any atom is -0.345 e. The molecule has 0 aliphatic heterocycles. The summed E-state index contributed by atoms with van der Waals surface area (Å²) in [6.07, 6.45) is 2.34. The van der Waals surface area contributed by atoms with Crippen LogP contribution in [0.15, 0.2) is 0 Å². The molecule has 98 valence electrons. The highest BCUT2D eigenvalue weighted by molar-refractivity contribution is 7.92. The van der Waals surface area contributed by atoms with Crippen molar-refractivity contribution in [3.8, 4) is 6.07 Å². The molecule has 0 atom stereocenters. The number of amides is 1. The molecule has 0 unspecified atom stereocenters. The van der Waals surface area contributed by atoms with E-state index in [-0.39, 0.29) is 18.1 Å². The Hall–Kier alpha value is -1.09. The lowest BCUT2D eigenvalue weighted by molar-refractivity contribution is -0.127. The molecular weight excluding hydrogens is 240 g/mol. The number of unbranched alkanes of at least 4 members (excludes halogenated alkanes) is 2. The molecule has 0 aliphatic carbocycles. The number of nitrogens with zero attached hydrogens (tertiary/aromatic N) is 2. The van der Waals surface area contributed by atoms with Gasteiger partial charge >= 0.3 is 0 Å². The first kappa shape index (κ1) is 15.9. The maximum absolute atomic E-state index is 11.6. The largest absolute Gasteiger partial charge is 0.345 e. The molecule has 0 fully saturated rings. The van der Waals surface area contributed by atoms with Crippen LogP contribution in [0.1, 0.15) is 32.6 Å². The van der Waals surface area contributed by atoms with E-state index in [1.54, 1.807) is 7.05 Å². The second-order valence-corrected chi connectivity index (χ2v) is 6.21. The molecule has 0 N–H and O–H groups in total. The highest BCUT2D eigenvalue weighted by atomic mass is 32.2. The van der Waals surface area contributed by atoms with E-state index in [0.717, 1.165) is 12.8 Å². The molecule has 0 radical (unpaired) electrons. The zero-order valence-electron chi connectivity index (χ0n) is 10.5. The monoisotopic (exact) mass is 260 g/mol. The molecule has 6 heteroatoms. The van der Waals surface area contributed by atoms with Crippen molar-refractivity contribution in [1.82, 2.24) is 4.90 Å². The minimum absolute atomic E-state index is 0.0894. The normalized spacial score (nSPS) is 10.9. The maximum atomic E-state index is 11.6. The summed E-state index contributed by atoms with van der Waals surface area (Å²) in [6.45, 7) is 2.60. The van der Waals surface area contributed by atoms with Crippen molar-refractivity contribution >= 4 is 15.7 Å². The molecule has 5 nitrogen and oxygen atoms in total. The fourth-order valence-electron chi connectivity index (χ4n) is 1.26. The lowest BCUT2D eigenvalue weighted by Crippen LogP contribution is -2.34. The average molecular weight is 260 g/mol. The molecule has 17 heavy (non-hydrogen) atoms. The smallest absolute Gasteiger partial charge is 0.237 e. The van der Waals surface area contributed by atoms with Crippen molar-refractivity contribution in [2.75, 3.05) is 25.1 Å². The van der Waals surface area contributed by atoms with Crippen LogP contribution in [-0.2, 0) is 14.6 Å². The van der Waals surface area contributed by atoms with Crippen molar-refractivity contribution in [1.29, 1.82) is 5.26 Å². The second kappa shape index (κ2) is 8.07. The SMILES string of the molecule is CCCCN(C)C(=O)CS(=O)(=O)CCCC#N. The van der Waals surface area contributed by atoms with Crippen molar-refractivity contribution in [3.05, 3.63) is 0 Å². The van der Waals surface area contributed by atoms with Gasteiger partial charge in [-0.05, 0) is 12.8 Å². The van der Waals surface area contributed by atoms with E-state index >= 15 is 0 Å². The Morgan fingerprint density at radius 2 is 2.00 bits per heavy atom. The quantitative estimate of drug-likeness (QED) is 0.609. The van der Waals surface area contributed by atoms with Gasteiger partial charge in [-0.3, -0.25) is 4.79 Å². The number of rotatable bonds is 8. The summed E-state index contributed by atoms with van der Waals surface area (Å²) in [5.41, 5.74) is 0. The third-order valence-corrected chi connectivity index (χ3v) is 3.96. The number of hydrogen-bond donors (Lipinski definition) is 0.